The maximum Gasteiger partial charge on any atom is 0.270 e. The van der Waals surface area contributed by atoms with E-state index in [0.717, 1.165) is 52.7 Å². The highest BCUT2D eigenvalue weighted by Gasteiger charge is 2.29. The topological polar surface area (TPSA) is 74.4 Å². The summed E-state index contributed by atoms with van der Waals surface area (Å²) in [6.45, 7) is 2.40. The van der Waals surface area contributed by atoms with Crippen molar-refractivity contribution in [3.05, 3.63) is 50.8 Å². The van der Waals surface area contributed by atoms with Crippen molar-refractivity contribution in [2.75, 3.05) is 31.6 Å². The van der Waals surface area contributed by atoms with Crippen LogP contribution >= 0.6 is 15.9 Å². The zero-order chi connectivity index (χ0) is 20.0. The predicted molar refractivity (Wildman–Crippen MR) is 115 cm³/mol. The molecule has 0 unspecified atom stereocenters. The number of benzene rings is 1. The number of ether oxygens (including phenoxy) is 1. The Bertz CT molecular complexity index is 1030. The van der Waals surface area contributed by atoms with Crippen molar-refractivity contribution in [2.24, 2.45) is 0 Å². The normalized spacial score (nSPS) is 19.8. The number of anilines is 1. The van der Waals surface area contributed by atoms with E-state index in [4.69, 9.17) is 4.74 Å². The molecule has 0 atom stereocenters. The minimum absolute atomic E-state index is 0.0371. The Morgan fingerprint density at radius 2 is 1.90 bits per heavy atom. The number of fused-ring (bicyclic) bond motifs is 2. The summed E-state index contributed by atoms with van der Waals surface area (Å²) in [7, 11) is 0. The van der Waals surface area contributed by atoms with Gasteiger partial charge in [-0.1, -0.05) is 15.9 Å². The minimum Gasteiger partial charge on any atom is -0.378 e. The van der Waals surface area contributed by atoms with Crippen molar-refractivity contribution < 1.29 is 14.3 Å². The zero-order valence-electron chi connectivity index (χ0n) is 16.0. The highest BCUT2D eigenvalue weighted by atomic mass is 79.9. The first kappa shape index (κ1) is 18.6. The standard InChI is InChI=1S/C22H22BrN3O3/c23-13-5-6-18-16(11-13)17(21(27)25-18)12-19-14-3-1-2-4-15(14)20(24-19)22(28)26-7-9-29-10-8-26/h5-6,11-12,24H,1-4,7-10H2,(H,25,27). The fourth-order valence-electron chi connectivity index (χ4n) is 4.44. The number of rotatable bonds is 2. The number of amides is 2. The predicted octanol–water partition coefficient (Wildman–Crippen LogP) is 3.62. The number of aromatic amines is 1. The second-order valence-corrected chi connectivity index (χ2v) is 8.60. The highest BCUT2D eigenvalue weighted by Crippen LogP contribution is 2.37. The first-order valence-electron chi connectivity index (χ1n) is 10.1. The molecule has 7 heteroatoms. The Kier molecular flexibility index (Phi) is 4.80. The van der Waals surface area contributed by atoms with Gasteiger partial charge in [0.15, 0.2) is 0 Å². The van der Waals surface area contributed by atoms with Gasteiger partial charge in [0.25, 0.3) is 11.8 Å². The summed E-state index contributed by atoms with van der Waals surface area (Å²) >= 11 is 3.49. The van der Waals surface area contributed by atoms with Gasteiger partial charge in [0.2, 0.25) is 0 Å². The van der Waals surface area contributed by atoms with E-state index < -0.39 is 0 Å². The van der Waals surface area contributed by atoms with Crippen LogP contribution in [-0.4, -0.2) is 48.0 Å². The van der Waals surface area contributed by atoms with Gasteiger partial charge in [0.05, 0.1) is 18.8 Å². The number of carbonyl (C=O) groups excluding carboxylic acids is 2. The molecule has 0 bridgehead atoms. The molecule has 1 aliphatic carbocycles. The molecular formula is C22H22BrN3O3. The second-order valence-electron chi connectivity index (χ2n) is 7.68. The van der Waals surface area contributed by atoms with Crippen molar-refractivity contribution in [3.63, 3.8) is 0 Å². The number of nitrogens with one attached hydrogen (secondary N) is 2. The number of carbonyl (C=O) groups is 2. The van der Waals surface area contributed by atoms with Crippen LogP contribution in [0.2, 0.25) is 0 Å². The third-order valence-electron chi connectivity index (χ3n) is 5.92. The van der Waals surface area contributed by atoms with Crippen LogP contribution in [-0.2, 0) is 22.4 Å². The highest BCUT2D eigenvalue weighted by molar-refractivity contribution is 9.10. The fraction of sp³-hybridized carbons (Fsp3) is 0.364. The molecule has 1 aromatic carbocycles. The third kappa shape index (κ3) is 3.32. The van der Waals surface area contributed by atoms with Crippen molar-refractivity contribution in [1.29, 1.82) is 0 Å². The summed E-state index contributed by atoms with van der Waals surface area (Å²) < 4.78 is 6.31. The Hall–Kier alpha value is -2.38. The van der Waals surface area contributed by atoms with E-state index in [1.54, 1.807) is 0 Å². The molecule has 3 heterocycles. The van der Waals surface area contributed by atoms with Gasteiger partial charge in [-0.2, -0.15) is 0 Å². The van der Waals surface area contributed by atoms with Gasteiger partial charge in [-0.3, -0.25) is 9.59 Å². The number of hydrogen-bond acceptors (Lipinski definition) is 3. The summed E-state index contributed by atoms with van der Waals surface area (Å²) in [6, 6.07) is 5.77. The molecule has 0 radical (unpaired) electrons. The molecule has 3 aliphatic rings. The lowest BCUT2D eigenvalue weighted by atomic mass is 9.91. The van der Waals surface area contributed by atoms with Crippen molar-refractivity contribution >= 4 is 45.1 Å². The fourth-order valence-corrected chi connectivity index (χ4v) is 4.80. The Morgan fingerprint density at radius 3 is 2.69 bits per heavy atom. The van der Waals surface area contributed by atoms with Crippen molar-refractivity contribution in [2.45, 2.75) is 25.7 Å². The molecule has 1 aromatic heterocycles. The monoisotopic (exact) mass is 455 g/mol. The number of H-pyrrole nitrogens is 1. The minimum atomic E-state index is -0.113. The molecule has 2 aromatic rings. The van der Waals surface area contributed by atoms with Gasteiger partial charge < -0.3 is 19.9 Å². The maximum absolute atomic E-state index is 13.2. The van der Waals surface area contributed by atoms with E-state index in [-0.39, 0.29) is 11.8 Å². The van der Waals surface area contributed by atoms with Gasteiger partial charge in [-0.25, -0.2) is 0 Å². The molecule has 150 valence electrons. The molecule has 2 amide bonds. The van der Waals surface area contributed by atoms with Crippen LogP contribution in [0.25, 0.3) is 11.6 Å². The number of nitrogens with zero attached hydrogens (tertiary/aromatic N) is 1. The molecule has 29 heavy (non-hydrogen) atoms. The van der Waals surface area contributed by atoms with Gasteiger partial charge in [-0.15, -0.1) is 0 Å². The van der Waals surface area contributed by atoms with E-state index in [9.17, 15) is 9.59 Å². The molecular weight excluding hydrogens is 434 g/mol. The third-order valence-corrected chi connectivity index (χ3v) is 6.41. The molecule has 1 saturated heterocycles. The van der Waals surface area contributed by atoms with E-state index in [1.165, 1.54) is 5.56 Å². The van der Waals surface area contributed by atoms with Crippen molar-refractivity contribution in [3.8, 4) is 0 Å². The molecule has 6 nitrogen and oxygen atoms in total. The van der Waals surface area contributed by atoms with E-state index >= 15 is 0 Å². The van der Waals surface area contributed by atoms with Crippen LogP contribution in [0.5, 0.6) is 0 Å². The first-order chi connectivity index (χ1) is 14.1. The summed E-state index contributed by atoms with van der Waals surface area (Å²) in [5.41, 5.74) is 6.18. The van der Waals surface area contributed by atoms with Gasteiger partial charge >= 0.3 is 0 Å². The molecule has 5 rings (SSSR count). The number of morpholine rings is 1. The second kappa shape index (κ2) is 7.46. The van der Waals surface area contributed by atoms with Crippen LogP contribution in [0.4, 0.5) is 5.69 Å². The number of halogens is 1. The Balaban J connectivity index is 1.57. The van der Waals surface area contributed by atoms with Crippen LogP contribution in [0, 0.1) is 0 Å². The lowest BCUT2D eigenvalue weighted by molar-refractivity contribution is -0.110. The van der Waals surface area contributed by atoms with E-state index in [1.807, 2.05) is 29.2 Å². The largest absolute Gasteiger partial charge is 0.378 e. The quantitative estimate of drug-likeness (QED) is 0.678. The molecule has 1 fully saturated rings. The molecule has 0 saturated carbocycles. The van der Waals surface area contributed by atoms with Crippen molar-refractivity contribution in [1.82, 2.24) is 9.88 Å². The van der Waals surface area contributed by atoms with Crippen LogP contribution in [0.3, 0.4) is 0 Å². The summed E-state index contributed by atoms with van der Waals surface area (Å²) in [5, 5.41) is 2.93. The molecule has 2 N–H and O–H groups in total. The van der Waals surface area contributed by atoms with E-state index in [2.05, 4.69) is 26.2 Å². The average Bonchev–Trinajstić information content (AvgIpc) is 3.26. The average molecular weight is 456 g/mol. The Labute approximate surface area is 177 Å². The summed E-state index contributed by atoms with van der Waals surface area (Å²) in [6.07, 6.45) is 5.91. The van der Waals surface area contributed by atoms with Crippen LogP contribution in [0.15, 0.2) is 22.7 Å². The van der Waals surface area contributed by atoms with E-state index in [0.29, 0.717) is 37.6 Å². The lowest BCUT2D eigenvalue weighted by Crippen LogP contribution is -2.41. The maximum atomic E-state index is 13.2. The zero-order valence-corrected chi connectivity index (χ0v) is 17.6. The summed E-state index contributed by atoms with van der Waals surface area (Å²) in [4.78, 5) is 31.0. The summed E-state index contributed by atoms with van der Waals surface area (Å²) in [5.74, 6) is -0.0755. The Morgan fingerprint density at radius 1 is 1.14 bits per heavy atom. The van der Waals surface area contributed by atoms with Gasteiger partial charge in [0.1, 0.15) is 5.69 Å². The first-order valence-corrected chi connectivity index (χ1v) is 10.8. The lowest BCUT2D eigenvalue weighted by Gasteiger charge is -2.27. The van der Waals surface area contributed by atoms with Gasteiger partial charge in [0, 0.05) is 34.5 Å². The molecule has 0 spiro atoms. The smallest absolute Gasteiger partial charge is 0.270 e. The van der Waals surface area contributed by atoms with Gasteiger partial charge in [-0.05, 0) is 61.1 Å². The van der Waals surface area contributed by atoms with Crippen LogP contribution < -0.4 is 5.32 Å². The number of aromatic nitrogens is 1. The number of hydrogen-bond donors (Lipinski definition) is 2. The SMILES string of the molecule is O=C1Nc2ccc(Br)cc2C1=Cc1[nH]c(C(=O)N2CCOCC2)c2c1CCCC2. The van der Waals surface area contributed by atoms with Crippen LogP contribution in [0.1, 0.15) is 45.7 Å². The molecule has 2 aliphatic heterocycles.